The Balaban J connectivity index is 2.03. The minimum atomic E-state index is -2.25. The van der Waals surface area contributed by atoms with Crippen molar-refractivity contribution < 1.29 is 31.1 Å². The van der Waals surface area contributed by atoms with Crippen LogP contribution in [0, 0.1) is 34.9 Å². The van der Waals surface area contributed by atoms with Gasteiger partial charge in [-0.2, -0.15) is 8.78 Å². The molecular weight excluding hydrogens is 386 g/mol. The lowest BCUT2D eigenvalue weighted by molar-refractivity contribution is -0.00910. The number of hydrogen-bond donors (Lipinski definition) is 1. The van der Waals surface area contributed by atoms with E-state index in [1.54, 1.807) is 0 Å². The maximum atomic E-state index is 14.2. The minimum Gasteiger partial charge on any atom is -0.476 e. The molecule has 0 aromatic heterocycles. The molecule has 1 heterocycles. The molecule has 1 aliphatic rings. The first-order valence-corrected chi connectivity index (χ1v) is 8.68. The zero-order valence-electron chi connectivity index (χ0n) is 14.8. The zero-order chi connectivity index (χ0) is 20.5. The van der Waals surface area contributed by atoms with Crippen molar-refractivity contribution in [2.24, 2.45) is 5.73 Å². The van der Waals surface area contributed by atoms with Crippen LogP contribution in [-0.2, 0) is 5.60 Å². The quantitative estimate of drug-likeness (QED) is 0.468. The number of rotatable bonds is 5. The summed E-state index contributed by atoms with van der Waals surface area (Å²) in [6.45, 7) is 1.83. The molecule has 1 saturated heterocycles. The number of benzene rings is 2. The molecule has 0 unspecified atom stereocenters. The van der Waals surface area contributed by atoms with Gasteiger partial charge in [0.05, 0.1) is 0 Å². The first kappa shape index (κ1) is 20.5. The fourth-order valence-electron chi connectivity index (χ4n) is 3.39. The van der Waals surface area contributed by atoms with Gasteiger partial charge in [0, 0.05) is 39.0 Å². The van der Waals surface area contributed by atoms with Crippen molar-refractivity contribution >= 4 is 0 Å². The molecule has 1 aliphatic heterocycles. The normalized spacial score (nSPS) is 17.0. The van der Waals surface area contributed by atoms with Crippen molar-refractivity contribution in [1.82, 2.24) is 4.90 Å². The van der Waals surface area contributed by atoms with Gasteiger partial charge in [0.25, 0.3) is 0 Å². The maximum Gasteiger partial charge on any atom is 0.207 e. The summed E-state index contributed by atoms with van der Waals surface area (Å²) >= 11 is 0. The molecule has 0 spiro atoms. The molecule has 28 heavy (non-hydrogen) atoms. The van der Waals surface area contributed by atoms with E-state index in [0.717, 1.165) is 12.1 Å². The van der Waals surface area contributed by atoms with Crippen LogP contribution in [0.25, 0.3) is 0 Å². The fourth-order valence-corrected chi connectivity index (χ4v) is 3.39. The molecular formula is C19H18F6N2O. The largest absolute Gasteiger partial charge is 0.476 e. The molecule has 0 aliphatic carbocycles. The summed E-state index contributed by atoms with van der Waals surface area (Å²) in [5.74, 6) is -12.4. The molecule has 1 fully saturated rings. The van der Waals surface area contributed by atoms with Gasteiger partial charge in [-0.25, -0.2) is 17.6 Å². The predicted octanol–water partition coefficient (Wildman–Crippen LogP) is 3.85. The Morgan fingerprint density at radius 1 is 0.821 bits per heavy atom. The first-order chi connectivity index (χ1) is 13.3. The maximum absolute atomic E-state index is 14.2. The number of nitrogens with two attached hydrogens (primary N) is 1. The van der Waals surface area contributed by atoms with Crippen molar-refractivity contribution in [2.75, 3.05) is 26.2 Å². The van der Waals surface area contributed by atoms with Crippen molar-refractivity contribution in [1.29, 1.82) is 0 Å². The molecule has 9 heteroatoms. The van der Waals surface area contributed by atoms with E-state index in [4.69, 9.17) is 10.5 Å². The molecule has 152 valence electrons. The van der Waals surface area contributed by atoms with Crippen LogP contribution in [0.4, 0.5) is 26.3 Å². The van der Waals surface area contributed by atoms with E-state index in [1.165, 1.54) is 12.1 Å². The second-order valence-corrected chi connectivity index (χ2v) is 6.63. The number of piperidine rings is 1. The monoisotopic (exact) mass is 404 g/mol. The summed E-state index contributed by atoms with van der Waals surface area (Å²) in [5.41, 5.74) is 4.53. The van der Waals surface area contributed by atoms with Crippen LogP contribution in [0.5, 0.6) is 5.75 Å². The van der Waals surface area contributed by atoms with Crippen LogP contribution in [0.1, 0.15) is 18.4 Å². The van der Waals surface area contributed by atoms with Gasteiger partial charge in [0.2, 0.25) is 29.1 Å². The van der Waals surface area contributed by atoms with E-state index < -0.39 is 46.3 Å². The highest BCUT2D eigenvalue weighted by molar-refractivity contribution is 5.33. The van der Waals surface area contributed by atoms with E-state index >= 15 is 0 Å². The second kappa shape index (κ2) is 8.00. The summed E-state index contributed by atoms with van der Waals surface area (Å²) in [4.78, 5) is 1.99. The minimum absolute atomic E-state index is 0.193. The topological polar surface area (TPSA) is 38.5 Å². The standard InChI is InChI=1S/C19H18F6N2O/c20-12-3-1-11(2-4-12)19(5-8-27(9-6-19)10-7-26)28-18-16(24)14(22)13(21)15(23)17(18)25/h1-4H,5-10,26H2. The SMILES string of the molecule is NCCN1CCC(Oc2c(F)c(F)c(F)c(F)c2F)(c2ccc(F)cc2)CC1. The van der Waals surface area contributed by atoms with Crippen molar-refractivity contribution in [2.45, 2.75) is 18.4 Å². The number of nitrogens with zero attached hydrogens (tertiary/aromatic N) is 1. The number of likely N-dealkylation sites (tertiary alicyclic amines) is 1. The van der Waals surface area contributed by atoms with Crippen LogP contribution in [0.2, 0.25) is 0 Å². The van der Waals surface area contributed by atoms with Gasteiger partial charge in [-0.3, -0.25) is 0 Å². The number of hydrogen-bond acceptors (Lipinski definition) is 3. The van der Waals surface area contributed by atoms with Crippen LogP contribution < -0.4 is 10.5 Å². The lowest BCUT2D eigenvalue weighted by Gasteiger charge is -2.42. The Hall–Kier alpha value is -2.26. The molecule has 0 saturated carbocycles. The van der Waals surface area contributed by atoms with Crippen molar-refractivity contribution in [3.63, 3.8) is 0 Å². The Labute approximate surface area is 157 Å². The Kier molecular flexibility index (Phi) is 5.85. The Morgan fingerprint density at radius 3 is 1.82 bits per heavy atom. The molecule has 2 N–H and O–H groups in total. The first-order valence-electron chi connectivity index (χ1n) is 8.68. The van der Waals surface area contributed by atoms with Gasteiger partial charge in [-0.05, 0) is 17.7 Å². The summed E-state index contributed by atoms with van der Waals surface area (Å²) in [7, 11) is 0. The van der Waals surface area contributed by atoms with Gasteiger partial charge in [-0.15, -0.1) is 0 Å². The summed E-state index contributed by atoms with van der Waals surface area (Å²) in [6, 6.07) is 5.04. The van der Waals surface area contributed by atoms with E-state index in [-0.39, 0.29) is 12.8 Å². The molecule has 0 radical (unpaired) electrons. The van der Waals surface area contributed by atoms with Crippen LogP contribution in [-0.4, -0.2) is 31.1 Å². The van der Waals surface area contributed by atoms with Crippen LogP contribution >= 0.6 is 0 Å². The van der Waals surface area contributed by atoms with E-state index in [0.29, 0.717) is 31.7 Å². The molecule has 3 rings (SSSR count). The highest BCUT2D eigenvalue weighted by Gasteiger charge is 2.41. The zero-order valence-corrected chi connectivity index (χ0v) is 14.8. The van der Waals surface area contributed by atoms with Gasteiger partial charge in [0.15, 0.2) is 5.75 Å². The highest BCUT2D eigenvalue weighted by Crippen LogP contribution is 2.41. The molecule has 2 aromatic carbocycles. The smallest absolute Gasteiger partial charge is 0.207 e. The molecule has 0 amide bonds. The Morgan fingerprint density at radius 2 is 1.32 bits per heavy atom. The van der Waals surface area contributed by atoms with Crippen LogP contribution in [0.3, 0.4) is 0 Å². The average molecular weight is 404 g/mol. The summed E-state index contributed by atoms with van der Waals surface area (Å²) in [5, 5.41) is 0. The van der Waals surface area contributed by atoms with Gasteiger partial charge in [-0.1, -0.05) is 12.1 Å². The lowest BCUT2D eigenvalue weighted by Crippen LogP contribution is -2.47. The third-order valence-electron chi connectivity index (χ3n) is 4.95. The average Bonchev–Trinajstić information content (AvgIpc) is 2.70. The second-order valence-electron chi connectivity index (χ2n) is 6.63. The predicted molar refractivity (Wildman–Crippen MR) is 89.7 cm³/mol. The van der Waals surface area contributed by atoms with Crippen molar-refractivity contribution in [3.8, 4) is 5.75 Å². The lowest BCUT2D eigenvalue weighted by atomic mass is 9.84. The number of halogens is 6. The summed E-state index contributed by atoms with van der Waals surface area (Å²) in [6.07, 6.45) is 0.385. The van der Waals surface area contributed by atoms with Crippen molar-refractivity contribution in [3.05, 3.63) is 64.7 Å². The molecule has 2 aromatic rings. The van der Waals surface area contributed by atoms with E-state index in [1.807, 2.05) is 4.90 Å². The summed E-state index contributed by atoms with van der Waals surface area (Å²) < 4.78 is 87.7. The molecule has 3 nitrogen and oxygen atoms in total. The highest BCUT2D eigenvalue weighted by atomic mass is 19.2. The van der Waals surface area contributed by atoms with Gasteiger partial charge in [0.1, 0.15) is 11.4 Å². The van der Waals surface area contributed by atoms with Crippen LogP contribution in [0.15, 0.2) is 24.3 Å². The third-order valence-corrected chi connectivity index (χ3v) is 4.95. The molecule has 0 atom stereocenters. The van der Waals surface area contributed by atoms with Gasteiger partial charge >= 0.3 is 0 Å². The number of ether oxygens (including phenoxy) is 1. The van der Waals surface area contributed by atoms with E-state index in [9.17, 15) is 26.3 Å². The Bertz CT molecular complexity index is 821. The fraction of sp³-hybridized carbons (Fsp3) is 0.368. The third kappa shape index (κ3) is 3.68. The van der Waals surface area contributed by atoms with Gasteiger partial charge < -0.3 is 15.4 Å². The molecule has 0 bridgehead atoms. The van der Waals surface area contributed by atoms with E-state index in [2.05, 4.69) is 0 Å².